The maximum Gasteiger partial charge on any atom is 0.212 e. The van der Waals surface area contributed by atoms with E-state index in [1.165, 1.54) is 6.33 Å². The van der Waals surface area contributed by atoms with Crippen LogP contribution in [0.3, 0.4) is 0 Å². The van der Waals surface area contributed by atoms with Crippen LogP contribution < -0.4 is 11.1 Å². The Morgan fingerprint density at radius 1 is 1.13 bits per heavy atom. The number of aromatic nitrogens is 9. The fourth-order valence-corrected chi connectivity index (χ4v) is 3.30. The van der Waals surface area contributed by atoms with Crippen molar-refractivity contribution in [3.8, 4) is 22.6 Å². The number of anilines is 2. The Kier molecular flexibility index (Phi) is 4.24. The summed E-state index contributed by atoms with van der Waals surface area (Å²) in [5.41, 5.74) is 10.1. The van der Waals surface area contributed by atoms with Gasteiger partial charge in [-0.25, -0.2) is 19.5 Å². The van der Waals surface area contributed by atoms with E-state index in [4.69, 9.17) is 10.8 Å². The van der Waals surface area contributed by atoms with Gasteiger partial charge in [0.1, 0.15) is 23.5 Å². The maximum absolute atomic E-state index is 6.07. The zero-order valence-corrected chi connectivity index (χ0v) is 15.9. The maximum atomic E-state index is 6.07. The first-order chi connectivity index (χ1) is 14.7. The SMILES string of the molecule is CC(Nc1ncnc(N)c1-c1nn[nH]n1)c1cc2nccn2nc1-c1ccccc1. The molecule has 0 saturated carbocycles. The number of H-pyrrole nitrogens is 1. The van der Waals surface area contributed by atoms with Gasteiger partial charge in [-0.2, -0.15) is 10.3 Å². The number of fused-ring (bicyclic) bond motifs is 1. The molecular weight excluding hydrogens is 382 g/mol. The van der Waals surface area contributed by atoms with Gasteiger partial charge in [0, 0.05) is 23.5 Å². The monoisotopic (exact) mass is 399 g/mol. The zero-order valence-electron chi connectivity index (χ0n) is 15.9. The zero-order chi connectivity index (χ0) is 20.5. The van der Waals surface area contributed by atoms with Crippen molar-refractivity contribution in [3.05, 3.63) is 60.7 Å². The molecule has 1 atom stereocenters. The summed E-state index contributed by atoms with van der Waals surface area (Å²) in [4.78, 5) is 12.8. The molecular formula is C19H17N11. The molecule has 4 N–H and O–H groups in total. The number of benzene rings is 1. The van der Waals surface area contributed by atoms with Crippen molar-refractivity contribution in [2.24, 2.45) is 0 Å². The predicted molar refractivity (Wildman–Crippen MR) is 110 cm³/mol. The van der Waals surface area contributed by atoms with E-state index in [1.54, 1.807) is 10.7 Å². The molecule has 0 radical (unpaired) electrons. The Bertz CT molecular complexity index is 1300. The number of aromatic amines is 1. The van der Waals surface area contributed by atoms with E-state index in [1.807, 2.05) is 49.5 Å². The molecule has 11 heteroatoms. The minimum atomic E-state index is -0.186. The molecule has 5 aromatic rings. The second kappa shape index (κ2) is 7.20. The Labute approximate surface area is 170 Å². The quantitative estimate of drug-likeness (QED) is 0.404. The van der Waals surface area contributed by atoms with Gasteiger partial charge in [-0.15, -0.1) is 10.2 Å². The van der Waals surface area contributed by atoms with Crippen LogP contribution in [-0.2, 0) is 0 Å². The molecule has 0 aliphatic heterocycles. The van der Waals surface area contributed by atoms with Crippen LogP contribution in [0.25, 0.3) is 28.3 Å². The lowest BCUT2D eigenvalue weighted by Crippen LogP contribution is -2.13. The van der Waals surface area contributed by atoms with Crippen LogP contribution in [0.15, 0.2) is 55.1 Å². The number of rotatable bonds is 5. The average molecular weight is 399 g/mol. The number of tetrazole rings is 1. The molecule has 1 unspecified atom stereocenters. The van der Waals surface area contributed by atoms with Gasteiger partial charge in [0.2, 0.25) is 5.82 Å². The molecule has 4 heterocycles. The highest BCUT2D eigenvalue weighted by atomic mass is 15.5. The van der Waals surface area contributed by atoms with Crippen molar-refractivity contribution in [1.82, 2.24) is 45.2 Å². The van der Waals surface area contributed by atoms with E-state index < -0.39 is 0 Å². The average Bonchev–Trinajstić information content (AvgIpc) is 3.45. The van der Waals surface area contributed by atoms with Gasteiger partial charge >= 0.3 is 0 Å². The lowest BCUT2D eigenvalue weighted by Gasteiger charge is -2.19. The number of nitrogens with one attached hydrogen (secondary N) is 2. The predicted octanol–water partition coefficient (Wildman–Crippen LogP) is 2.12. The van der Waals surface area contributed by atoms with Gasteiger partial charge in [0.05, 0.1) is 11.7 Å². The summed E-state index contributed by atoms with van der Waals surface area (Å²) >= 11 is 0. The van der Waals surface area contributed by atoms with Crippen LogP contribution in [0.5, 0.6) is 0 Å². The van der Waals surface area contributed by atoms with Gasteiger partial charge in [-0.05, 0) is 18.2 Å². The van der Waals surface area contributed by atoms with Gasteiger partial charge in [-0.3, -0.25) is 0 Å². The molecule has 148 valence electrons. The molecule has 4 aromatic heterocycles. The fourth-order valence-electron chi connectivity index (χ4n) is 3.30. The summed E-state index contributed by atoms with van der Waals surface area (Å²) in [5, 5.41) is 22.2. The van der Waals surface area contributed by atoms with Crippen molar-refractivity contribution >= 4 is 17.3 Å². The minimum absolute atomic E-state index is 0.186. The van der Waals surface area contributed by atoms with Crippen molar-refractivity contribution in [2.45, 2.75) is 13.0 Å². The molecule has 5 rings (SSSR count). The number of nitrogen functional groups attached to an aromatic ring is 1. The van der Waals surface area contributed by atoms with E-state index in [0.717, 1.165) is 22.5 Å². The van der Waals surface area contributed by atoms with Gasteiger partial charge in [0.25, 0.3) is 0 Å². The number of hydrogen-bond acceptors (Lipinski definition) is 9. The van der Waals surface area contributed by atoms with Gasteiger partial charge in [-0.1, -0.05) is 30.3 Å². The third kappa shape index (κ3) is 3.07. The first kappa shape index (κ1) is 17.7. The molecule has 11 nitrogen and oxygen atoms in total. The van der Waals surface area contributed by atoms with Crippen LogP contribution in [0.4, 0.5) is 11.6 Å². The number of nitrogens with zero attached hydrogens (tertiary/aromatic N) is 8. The number of nitrogens with two attached hydrogens (primary N) is 1. The standard InChI is InChI=1S/C19H17N11/c1-11(24-18-15(17(20)22-10-23-18)19-25-28-29-26-19)13-9-14-21-7-8-30(14)27-16(13)12-5-3-2-4-6-12/h2-11H,1H3,(H3,20,22,23,24)(H,25,26,28,29). The minimum Gasteiger partial charge on any atom is -0.383 e. The highest BCUT2D eigenvalue weighted by molar-refractivity contribution is 5.79. The van der Waals surface area contributed by atoms with Crippen molar-refractivity contribution in [2.75, 3.05) is 11.1 Å². The highest BCUT2D eigenvalue weighted by Gasteiger charge is 2.21. The second-order valence-corrected chi connectivity index (χ2v) is 6.63. The highest BCUT2D eigenvalue weighted by Crippen LogP contribution is 2.33. The summed E-state index contributed by atoms with van der Waals surface area (Å²) in [6.07, 6.45) is 4.93. The molecule has 0 bridgehead atoms. The van der Waals surface area contributed by atoms with E-state index in [2.05, 4.69) is 40.9 Å². The molecule has 0 amide bonds. The van der Waals surface area contributed by atoms with Crippen molar-refractivity contribution in [1.29, 1.82) is 0 Å². The van der Waals surface area contributed by atoms with E-state index in [-0.39, 0.29) is 11.9 Å². The second-order valence-electron chi connectivity index (χ2n) is 6.63. The Hall–Kier alpha value is -4.41. The lowest BCUT2D eigenvalue weighted by atomic mass is 10.0. The van der Waals surface area contributed by atoms with Crippen molar-refractivity contribution in [3.63, 3.8) is 0 Å². The largest absolute Gasteiger partial charge is 0.383 e. The Balaban J connectivity index is 1.60. The van der Waals surface area contributed by atoms with Crippen LogP contribution >= 0.6 is 0 Å². The Morgan fingerprint density at radius 3 is 2.80 bits per heavy atom. The van der Waals surface area contributed by atoms with Crippen LogP contribution in [0, 0.1) is 0 Å². The molecule has 0 saturated heterocycles. The first-order valence-electron chi connectivity index (χ1n) is 9.21. The van der Waals surface area contributed by atoms with Crippen LogP contribution in [-0.4, -0.2) is 45.2 Å². The van der Waals surface area contributed by atoms with Crippen LogP contribution in [0.2, 0.25) is 0 Å². The topological polar surface area (TPSA) is 148 Å². The van der Waals surface area contributed by atoms with E-state index in [0.29, 0.717) is 17.2 Å². The third-order valence-electron chi connectivity index (χ3n) is 4.73. The molecule has 0 fully saturated rings. The smallest absolute Gasteiger partial charge is 0.212 e. The molecule has 0 aliphatic carbocycles. The van der Waals surface area contributed by atoms with Crippen molar-refractivity contribution < 1.29 is 0 Å². The summed E-state index contributed by atoms with van der Waals surface area (Å²) < 4.78 is 1.76. The third-order valence-corrected chi connectivity index (χ3v) is 4.73. The van der Waals surface area contributed by atoms with Gasteiger partial charge in [0.15, 0.2) is 5.65 Å². The molecule has 0 aliphatic rings. The fraction of sp³-hybridized carbons (Fsp3) is 0.105. The molecule has 1 aromatic carbocycles. The van der Waals surface area contributed by atoms with E-state index >= 15 is 0 Å². The summed E-state index contributed by atoms with van der Waals surface area (Å²) in [6.45, 7) is 2.02. The molecule has 0 spiro atoms. The number of imidazole rings is 1. The number of hydrogen-bond donors (Lipinski definition) is 3. The Morgan fingerprint density at radius 2 is 2.00 bits per heavy atom. The summed E-state index contributed by atoms with van der Waals surface area (Å²) in [5.74, 6) is 1.07. The van der Waals surface area contributed by atoms with E-state index in [9.17, 15) is 0 Å². The summed E-state index contributed by atoms with van der Waals surface area (Å²) in [7, 11) is 0. The summed E-state index contributed by atoms with van der Waals surface area (Å²) in [6, 6.07) is 11.8. The normalized spacial score (nSPS) is 12.2. The van der Waals surface area contributed by atoms with Crippen LogP contribution in [0.1, 0.15) is 18.5 Å². The van der Waals surface area contributed by atoms with Gasteiger partial charge < -0.3 is 11.1 Å². The first-order valence-corrected chi connectivity index (χ1v) is 9.21. The molecule has 30 heavy (non-hydrogen) atoms. The lowest BCUT2D eigenvalue weighted by molar-refractivity contribution is 0.840.